The van der Waals surface area contributed by atoms with Crippen LogP contribution in [0.25, 0.3) is 0 Å². The van der Waals surface area contributed by atoms with Crippen molar-refractivity contribution in [2.45, 2.75) is 32.7 Å². The van der Waals surface area contributed by atoms with Crippen LogP contribution in [-0.2, 0) is 9.53 Å². The smallest absolute Gasteiger partial charge is 0.338 e. The maximum atomic E-state index is 12.0. The maximum Gasteiger partial charge on any atom is 0.338 e. The number of carbonyl (C=O) groups excluding carboxylic acids is 2. The largest absolute Gasteiger partial charge is 0.462 e. The van der Waals surface area contributed by atoms with Gasteiger partial charge in [0.2, 0.25) is 0 Å². The Balaban J connectivity index is 2.07. The molecule has 1 aliphatic rings. The van der Waals surface area contributed by atoms with Gasteiger partial charge in [-0.25, -0.2) is 4.79 Å². The molecule has 0 radical (unpaired) electrons. The van der Waals surface area contributed by atoms with Gasteiger partial charge in [-0.15, -0.1) is 0 Å². The van der Waals surface area contributed by atoms with Crippen LogP contribution in [-0.4, -0.2) is 29.6 Å². The van der Waals surface area contributed by atoms with Gasteiger partial charge >= 0.3 is 5.97 Å². The Kier molecular flexibility index (Phi) is 4.90. The third-order valence-electron chi connectivity index (χ3n) is 3.23. The van der Waals surface area contributed by atoms with Crippen molar-refractivity contribution < 1.29 is 14.3 Å². The lowest BCUT2D eigenvalue weighted by molar-refractivity contribution is -0.117. The summed E-state index contributed by atoms with van der Waals surface area (Å²) in [4.78, 5) is 25.2. The fraction of sp³-hybridized carbons (Fsp3) is 0.400. The topological polar surface area (TPSA) is 58.6 Å². The number of amides is 1. The minimum absolute atomic E-state index is 0.0988. The van der Waals surface area contributed by atoms with Gasteiger partial charge in [-0.2, -0.15) is 0 Å². The van der Waals surface area contributed by atoms with E-state index in [4.69, 9.17) is 17.0 Å². The molecule has 5 nitrogen and oxygen atoms in total. The van der Waals surface area contributed by atoms with Crippen LogP contribution >= 0.6 is 12.2 Å². The number of nitrogens with one attached hydrogen (secondary N) is 1. The predicted molar refractivity (Wildman–Crippen MR) is 84.3 cm³/mol. The summed E-state index contributed by atoms with van der Waals surface area (Å²) in [6.07, 6.45) is 1.83. The highest BCUT2D eigenvalue weighted by Gasteiger charge is 2.33. The molecule has 0 aliphatic carbocycles. The average Bonchev–Trinajstić information content (AvgIpc) is 2.72. The van der Waals surface area contributed by atoms with E-state index in [9.17, 15) is 9.59 Å². The lowest BCUT2D eigenvalue weighted by Gasteiger charge is -2.15. The first-order valence-corrected chi connectivity index (χ1v) is 7.37. The molecule has 0 spiro atoms. The third kappa shape index (κ3) is 3.39. The van der Waals surface area contributed by atoms with Crippen molar-refractivity contribution in [3.63, 3.8) is 0 Å². The van der Waals surface area contributed by atoms with Crippen molar-refractivity contribution in [1.29, 1.82) is 0 Å². The first kappa shape index (κ1) is 15.4. The van der Waals surface area contributed by atoms with Crippen molar-refractivity contribution in [3.05, 3.63) is 29.8 Å². The van der Waals surface area contributed by atoms with E-state index in [-0.39, 0.29) is 17.9 Å². The molecule has 1 atom stereocenters. The third-order valence-corrected chi connectivity index (χ3v) is 3.53. The second-order valence-corrected chi connectivity index (χ2v) is 5.27. The zero-order valence-corrected chi connectivity index (χ0v) is 12.9. The van der Waals surface area contributed by atoms with Gasteiger partial charge in [-0.05, 0) is 49.8 Å². The molecule has 1 aromatic carbocycles. The molecule has 1 aliphatic heterocycles. The number of esters is 1. The molecule has 2 rings (SSSR count). The number of benzene rings is 1. The van der Waals surface area contributed by atoms with Crippen molar-refractivity contribution in [1.82, 2.24) is 5.32 Å². The van der Waals surface area contributed by atoms with Crippen LogP contribution < -0.4 is 10.2 Å². The van der Waals surface area contributed by atoms with Crippen LogP contribution in [0.3, 0.4) is 0 Å². The minimum atomic E-state index is -0.350. The Morgan fingerprint density at radius 3 is 2.57 bits per heavy atom. The molecule has 1 fully saturated rings. The Morgan fingerprint density at radius 2 is 2.05 bits per heavy atom. The highest BCUT2D eigenvalue weighted by Crippen LogP contribution is 2.20. The summed E-state index contributed by atoms with van der Waals surface area (Å²) >= 11 is 5.13. The lowest BCUT2D eigenvalue weighted by Crippen LogP contribution is -2.30. The van der Waals surface area contributed by atoms with Gasteiger partial charge in [-0.1, -0.05) is 13.3 Å². The van der Waals surface area contributed by atoms with Gasteiger partial charge in [0.05, 0.1) is 17.9 Å². The number of carbonyl (C=O) groups is 2. The van der Waals surface area contributed by atoms with Gasteiger partial charge < -0.3 is 10.1 Å². The second-order valence-electron chi connectivity index (χ2n) is 4.88. The fourth-order valence-electron chi connectivity index (χ4n) is 1.99. The van der Waals surface area contributed by atoms with Crippen LogP contribution in [0, 0.1) is 0 Å². The van der Waals surface area contributed by atoms with Crippen molar-refractivity contribution >= 4 is 34.9 Å². The zero-order chi connectivity index (χ0) is 15.4. The molecule has 1 aromatic rings. The van der Waals surface area contributed by atoms with E-state index in [0.717, 1.165) is 12.8 Å². The van der Waals surface area contributed by atoms with E-state index >= 15 is 0 Å². The summed E-state index contributed by atoms with van der Waals surface area (Å²) in [5.41, 5.74) is 1.11. The summed E-state index contributed by atoms with van der Waals surface area (Å²) in [6.45, 7) is 4.22. The van der Waals surface area contributed by atoms with Crippen molar-refractivity contribution in [2.24, 2.45) is 0 Å². The molecule has 1 unspecified atom stereocenters. The van der Waals surface area contributed by atoms with E-state index in [1.165, 1.54) is 4.90 Å². The summed E-state index contributed by atoms with van der Waals surface area (Å²) in [7, 11) is 0. The van der Waals surface area contributed by atoms with E-state index in [0.29, 0.717) is 23.0 Å². The van der Waals surface area contributed by atoms with Crippen LogP contribution in [0.2, 0.25) is 0 Å². The second kappa shape index (κ2) is 6.67. The van der Waals surface area contributed by atoms with E-state index < -0.39 is 0 Å². The number of rotatable bonds is 5. The fourth-order valence-corrected chi connectivity index (χ4v) is 2.36. The minimum Gasteiger partial charge on any atom is -0.462 e. The number of anilines is 1. The van der Waals surface area contributed by atoms with Crippen LogP contribution in [0.1, 0.15) is 37.0 Å². The number of hydrogen-bond acceptors (Lipinski definition) is 4. The Bertz CT molecular complexity index is 557. The average molecular weight is 306 g/mol. The molecule has 0 bridgehead atoms. The summed E-state index contributed by atoms with van der Waals surface area (Å²) in [5, 5.41) is 3.28. The normalized spacial score (nSPS) is 17.8. The monoisotopic (exact) mass is 306 g/mol. The van der Waals surface area contributed by atoms with Crippen LogP contribution in [0.4, 0.5) is 5.69 Å². The molecule has 6 heteroatoms. The Hall–Kier alpha value is -1.95. The quantitative estimate of drug-likeness (QED) is 0.514. The Labute approximate surface area is 129 Å². The Morgan fingerprint density at radius 1 is 1.38 bits per heavy atom. The maximum absolute atomic E-state index is 12.0. The molecule has 0 saturated carbocycles. The van der Waals surface area contributed by atoms with E-state index in [1.54, 1.807) is 31.2 Å². The first-order valence-electron chi connectivity index (χ1n) is 6.96. The van der Waals surface area contributed by atoms with E-state index in [2.05, 4.69) is 5.32 Å². The summed E-state index contributed by atoms with van der Waals surface area (Å²) in [6, 6.07) is 6.35. The molecular weight excluding hydrogens is 288 g/mol. The molecule has 112 valence electrons. The van der Waals surface area contributed by atoms with Crippen LogP contribution in [0.15, 0.2) is 24.3 Å². The lowest BCUT2D eigenvalue weighted by atomic mass is 10.2. The standard InChI is InChI=1S/C15H18N2O3S/c1-3-4-9-20-14(19)11-5-7-12(8-6-11)17-13(18)10(2)16-15(17)21/h5-8,10H,3-4,9H2,1-2H3,(H,16,21). The SMILES string of the molecule is CCCCOC(=O)c1ccc(N2C(=O)C(C)NC2=S)cc1. The number of hydrogen-bond donors (Lipinski definition) is 1. The van der Waals surface area contributed by atoms with Gasteiger partial charge in [-0.3, -0.25) is 9.69 Å². The van der Waals surface area contributed by atoms with Crippen molar-refractivity contribution in [3.8, 4) is 0 Å². The highest BCUT2D eigenvalue weighted by atomic mass is 32.1. The molecule has 1 amide bonds. The van der Waals surface area contributed by atoms with Gasteiger partial charge in [0, 0.05) is 0 Å². The van der Waals surface area contributed by atoms with Gasteiger partial charge in [0.25, 0.3) is 5.91 Å². The van der Waals surface area contributed by atoms with E-state index in [1.807, 2.05) is 6.92 Å². The number of unbranched alkanes of at least 4 members (excludes halogenated alkanes) is 1. The molecule has 1 heterocycles. The number of nitrogens with zero attached hydrogens (tertiary/aromatic N) is 1. The summed E-state index contributed by atoms with van der Waals surface area (Å²) in [5.74, 6) is -0.449. The molecular formula is C15H18N2O3S. The molecule has 21 heavy (non-hydrogen) atoms. The molecule has 1 saturated heterocycles. The first-order chi connectivity index (χ1) is 10.0. The summed E-state index contributed by atoms with van der Waals surface area (Å²) < 4.78 is 5.14. The van der Waals surface area contributed by atoms with Gasteiger partial charge in [0.15, 0.2) is 5.11 Å². The van der Waals surface area contributed by atoms with Crippen LogP contribution in [0.5, 0.6) is 0 Å². The number of ether oxygens (including phenoxy) is 1. The molecule has 1 N–H and O–H groups in total. The van der Waals surface area contributed by atoms with Crippen molar-refractivity contribution in [2.75, 3.05) is 11.5 Å². The van der Waals surface area contributed by atoms with Gasteiger partial charge in [0.1, 0.15) is 6.04 Å². The zero-order valence-electron chi connectivity index (χ0n) is 12.1. The predicted octanol–water partition coefficient (Wildman–Crippen LogP) is 2.25. The molecule has 0 aromatic heterocycles. The number of thiocarbonyl (C=S) groups is 1. The highest BCUT2D eigenvalue weighted by molar-refractivity contribution is 7.80.